The molecule has 0 fully saturated rings. The third-order valence-corrected chi connectivity index (χ3v) is 3.85. The maximum absolute atomic E-state index is 11.8. The van der Waals surface area contributed by atoms with Crippen molar-refractivity contribution in [3.05, 3.63) is 60.2 Å². The molecule has 2 N–H and O–H groups in total. The molecule has 0 aliphatic rings. The quantitative estimate of drug-likeness (QED) is 0.355. The molecule has 2 amide bonds. The number of ether oxygens (including phenoxy) is 2. The monoisotopic (exact) mass is 411 g/mol. The molecule has 0 bridgehead atoms. The van der Waals surface area contributed by atoms with Crippen LogP contribution in [-0.2, 0) is 19.1 Å². The third kappa shape index (κ3) is 8.14. The normalized spacial score (nSPS) is 11.5. The number of esters is 1. The minimum Gasteiger partial charge on any atom is -0.479 e. The van der Waals surface area contributed by atoms with Crippen molar-refractivity contribution >= 4 is 29.7 Å². The molecule has 158 valence electrons. The number of carbonyl (C=O) groups excluding carboxylic acids is 3. The number of carbonyl (C=O) groups is 3. The molecule has 0 radical (unpaired) electrons. The summed E-state index contributed by atoms with van der Waals surface area (Å²) in [7, 11) is 0. The molecule has 30 heavy (non-hydrogen) atoms. The maximum Gasteiger partial charge on any atom is 0.347 e. The second kappa shape index (κ2) is 12.0. The Morgan fingerprint density at radius 1 is 1.00 bits per heavy atom. The summed E-state index contributed by atoms with van der Waals surface area (Å²) in [6, 6.07) is 15.9. The standard InChI is InChI=1S/C22H25N3O5/c1-3-29-22(28)16(2)30-19-11-9-17(10-12-19)15-23-25-21(27)14-13-20(26)24-18-7-5-4-6-8-18/h4-12,15-16H,3,13-14H2,1-2H3,(H,24,26)(H,25,27). The van der Waals surface area contributed by atoms with E-state index in [9.17, 15) is 14.4 Å². The Balaban J connectivity index is 1.72. The van der Waals surface area contributed by atoms with Gasteiger partial charge in [-0.2, -0.15) is 5.10 Å². The summed E-state index contributed by atoms with van der Waals surface area (Å²) in [6.45, 7) is 3.64. The smallest absolute Gasteiger partial charge is 0.347 e. The lowest BCUT2D eigenvalue weighted by Gasteiger charge is -2.13. The number of benzene rings is 2. The number of hydrazone groups is 1. The average Bonchev–Trinajstić information content (AvgIpc) is 2.74. The van der Waals surface area contributed by atoms with E-state index in [-0.39, 0.29) is 24.7 Å². The van der Waals surface area contributed by atoms with Crippen LogP contribution in [0, 0.1) is 0 Å². The van der Waals surface area contributed by atoms with Crippen molar-refractivity contribution in [2.75, 3.05) is 11.9 Å². The Hall–Kier alpha value is -3.68. The van der Waals surface area contributed by atoms with Crippen molar-refractivity contribution in [1.29, 1.82) is 0 Å². The molecule has 8 heteroatoms. The number of hydrogen-bond acceptors (Lipinski definition) is 6. The van der Waals surface area contributed by atoms with Gasteiger partial charge in [-0.05, 0) is 55.8 Å². The Kier molecular flexibility index (Phi) is 9.05. The van der Waals surface area contributed by atoms with E-state index in [1.54, 1.807) is 50.2 Å². The van der Waals surface area contributed by atoms with Crippen LogP contribution in [-0.4, -0.2) is 36.7 Å². The molecule has 8 nitrogen and oxygen atoms in total. The number of anilines is 1. The van der Waals surface area contributed by atoms with Gasteiger partial charge in [-0.25, -0.2) is 10.2 Å². The Morgan fingerprint density at radius 2 is 1.67 bits per heavy atom. The summed E-state index contributed by atoms with van der Waals surface area (Å²) in [6.07, 6.45) is 0.846. The molecule has 0 aliphatic carbocycles. The first-order valence-electron chi connectivity index (χ1n) is 9.58. The molecular formula is C22H25N3O5. The topological polar surface area (TPSA) is 106 Å². The summed E-state index contributed by atoms with van der Waals surface area (Å²) in [5.41, 5.74) is 3.80. The average molecular weight is 411 g/mol. The van der Waals surface area contributed by atoms with Crippen LogP contribution in [0.5, 0.6) is 5.75 Å². The van der Waals surface area contributed by atoms with Gasteiger partial charge >= 0.3 is 5.97 Å². The predicted octanol–water partition coefficient (Wildman–Crippen LogP) is 2.89. The number of rotatable bonds is 10. The Morgan fingerprint density at radius 3 is 2.33 bits per heavy atom. The molecule has 0 aromatic heterocycles. The number of hydrogen-bond donors (Lipinski definition) is 2. The molecule has 0 aliphatic heterocycles. The molecule has 0 spiro atoms. The summed E-state index contributed by atoms with van der Waals surface area (Å²) in [5, 5.41) is 6.59. The van der Waals surface area contributed by atoms with Crippen molar-refractivity contribution in [3.63, 3.8) is 0 Å². The Labute approximate surface area is 175 Å². The van der Waals surface area contributed by atoms with Gasteiger partial charge in [0.1, 0.15) is 5.75 Å². The van der Waals surface area contributed by atoms with Crippen molar-refractivity contribution < 1.29 is 23.9 Å². The fourth-order valence-electron chi connectivity index (χ4n) is 2.35. The van der Waals surface area contributed by atoms with Gasteiger partial charge in [0.25, 0.3) is 0 Å². The molecule has 0 saturated heterocycles. The highest BCUT2D eigenvalue weighted by atomic mass is 16.6. The largest absolute Gasteiger partial charge is 0.479 e. The molecule has 0 heterocycles. The van der Waals surface area contributed by atoms with Crippen molar-refractivity contribution in [1.82, 2.24) is 5.43 Å². The number of para-hydroxylation sites is 1. The van der Waals surface area contributed by atoms with E-state index in [0.29, 0.717) is 18.0 Å². The van der Waals surface area contributed by atoms with Crippen LogP contribution in [0.4, 0.5) is 5.69 Å². The molecule has 1 unspecified atom stereocenters. The summed E-state index contributed by atoms with van der Waals surface area (Å²) in [4.78, 5) is 35.2. The van der Waals surface area contributed by atoms with Crippen molar-refractivity contribution in [2.45, 2.75) is 32.8 Å². The second-order valence-corrected chi connectivity index (χ2v) is 6.29. The highest BCUT2D eigenvalue weighted by Crippen LogP contribution is 2.13. The molecule has 2 aromatic rings. The SMILES string of the molecule is CCOC(=O)C(C)Oc1ccc(C=NNC(=O)CCC(=O)Nc2ccccc2)cc1. The van der Waals surface area contributed by atoms with Crippen LogP contribution in [0.15, 0.2) is 59.7 Å². The maximum atomic E-state index is 11.8. The lowest BCUT2D eigenvalue weighted by atomic mass is 10.2. The van der Waals surface area contributed by atoms with E-state index in [0.717, 1.165) is 5.56 Å². The van der Waals surface area contributed by atoms with Gasteiger partial charge in [-0.1, -0.05) is 18.2 Å². The molecule has 2 rings (SSSR count). The molecule has 0 saturated carbocycles. The van der Waals surface area contributed by atoms with Gasteiger partial charge in [0.15, 0.2) is 6.10 Å². The van der Waals surface area contributed by atoms with Gasteiger partial charge in [-0.3, -0.25) is 9.59 Å². The van der Waals surface area contributed by atoms with E-state index in [2.05, 4.69) is 15.8 Å². The zero-order valence-corrected chi connectivity index (χ0v) is 17.0. The van der Waals surface area contributed by atoms with Crippen molar-refractivity contribution in [2.24, 2.45) is 5.10 Å². The van der Waals surface area contributed by atoms with Crippen LogP contribution >= 0.6 is 0 Å². The third-order valence-electron chi connectivity index (χ3n) is 3.85. The van der Waals surface area contributed by atoms with Gasteiger partial charge in [-0.15, -0.1) is 0 Å². The fourth-order valence-corrected chi connectivity index (χ4v) is 2.35. The van der Waals surface area contributed by atoms with Crippen LogP contribution in [0.2, 0.25) is 0 Å². The number of amides is 2. The van der Waals surface area contributed by atoms with E-state index in [1.807, 2.05) is 18.2 Å². The van der Waals surface area contributed by atoms with E-state index < -0.39 is 12.1 Å². The van der Waals surface area contributed by atoms with Crippen LogP contribution < -0.4 is 15.5 Å². The predicted molar refractivity (Wildman–Crippen MR) is 113 cm³/mol. The van der Waals surface area contributed by atoms with Crippen LogP contribution in [0.1, 0.15) is 32.3 Å². The highest BCUT2D eigenvalue weighted by molar-refractivity contribution is 5.93. The van der Waals surface area contributed by atoms with Crippen LogP contribution in [0.3, 0.4) is 0 Å². The Bertz CT molecular complexity index is 866. The summed E-state index contributed by atoms with van der Waals surface area (Å²) < 4.78 is 10.4. The zero-order valence-electron chi connectivity index (χ0n) is 17.0. The molecule has 2 aromatic carbocycles. The molecular weight excluding hydrogens is 386 g/mol. The number of nitrogens with one attached hydrogen (secondary N) is 2. The van der Waals surface area contributed by atoms with Gasteiger partial charge in [0.2, 0.25) is 11.8 Å². The first kappa shape index (κ1) is 22.6. The minimum atomic E-state index is -0.706. The highest BCUT2D eigenvalue weighted by Gasteiger charge is 2.15. The van der Waals surface area contributed by atoms with Gasteiger partial charge in [0.05, 0.1) is 12.8 Å². The minimum absolute atomic E-state index is 0.0224. The fraction of sp³-hybridized carbons (Fsp3) is 0.273. The van der Waals surface area contributed by atoms with Crippen LogP contribution in [0.25, 0.3) is 0 Å². The zero-order chi connectivity index (χ0) is 21.8. The molecule has 1 atom stereocenters. The lowest BCUT2D eigenvalue weighted by molar-refractivity contribution is -0.150. The van der Waals surface area contributed by atoms with E-state index >= 15 is 0 Å². The summed E-state index contributed by atoms with van der Waals surface area (Å²) >= 11 is 0. The van der Waals surface area contributed by atoms with Gasteiger partial charge < -0.3 is 14.8 Å². The van der Waals surface area contributed by atoms with E-state index in [4.69, 9.17) is 9.47 Å². The summed E-state index contributed by atoms with van der Waals surface area (Å²) in [5.74, 6) is -0.518. The van der Waals surface area contributed by atoms with Gasteiger partial charge in [0, 0.05) is 18.5 Å². The second-order valence-electron chi connectivity index (χ2n) is 6.29. The first-order valence-corrected chi connectivity index (χ1v) is 9.58. The van der Waals surface area contributed by atoms with Crippen molar-refractivity contribution in [3.8, 4) is 5.75 Å². The number of nitrogens with zero attached hydrogens (tertiary/aromatic N) is 1. The lowest BCUT2D eigenvalue weighted by Crippen LogP contribution is -2.26. The first-order chi connectivity index (χ1) is 14.5. The van der Waals surface area contributed by atoms with E-state index in [1.165, 1.54) is 6.21 Å².